The topological polar surface area (TPSA) is 0 Å². The average Bonchev–Trinajstić information content (AvgIpc) is 2.32. The first-order valence-corrected chi connectivity index (χ1v) is 7.77. The lowest BCUT2D eigenvalue weighted by atomic mass is 9.57. The lowest BCUT2D eigenvalue weighted by Gasteiger charge is -2.49. The Morgan fingerprint density at radius 2 is 1.81 bits per heavy atom. The molecule has 0 bridgehead atoms. The van der Waals surface area contributed by atoms with E-state index in [1.165, 1.54) is 38.5 Å². The van der Waals surface area contributed by atoms with E-state index in [0.717, 1.165) is 29.6 Å². The highest BCUT2D eigenvalue weighted by Crippen LogP contribution is 2.51. The van der Waals surface area contributed by atoms with Gasteiger partial charge in [-0.3, -0.25) is 0 Å². The molecule has 0 nitrogen and oxygen atoms in total. The van der Waals surface area contributed by atoms with Crippen LogP contribution in [0.4, 0.5) is 0 Å². The third-order valence-corrected chi connectivity index (χ3v) is 5.60. The van der Waals surface area contributed by atoms with Gasteiger partial charge in [-0.05, 0) is 36.0 Å². The summed E-state index contributed by atoms with van der Waals surface area (Å²) in [7, 11) is 0. The van der Waals surface area contributed by atoms with Crippen molar-refractivity contribution in [2.75, 3.05) is 0 Å². The standard InChI is InChI=1S/C16H30/c1-4-7-15-12(3)10-11-14-9-6-8-13(5-2)16(14)15/h12-16H,4-11H2,1-3H3. The predicted molar refractivity (Wildman–Crippen MR) is 71.4 cm³/mol. The third-order valence-electron chi connectivity index (χ3n) is 5.60. The van der Waals surface area contributed by atoms with E-state index in [0.29, 0.717) is 0 Å². The summed E-state index contributed by atoms with van der Waals surface area (Å²) < 4.78 is 0. The average molecular weight is 222 g/mol. The molecule has 2 aliphatic rings. The molecule has 16 heavy (non-hydrogen) atoms. The number of rotatable bonds is 3. The van der Waals surface area contributed by atoms with Crippen LogP contribution < -0.4 is 0 Å². The molecule has 0 amide bonds. The summed E-state index contributed by atoms with van der Waals surface area (Å²) in [6, 6.07) is 0. The van der Waals surface area contributed by atoms with Crippen LogP contribution in [0.15, 0.2) is 0 Å². The molecule has 5 atom stereocenters. The molecule has 94 valence electrons. The zero-order chi connectivity index (χ0) is 11.5. The molecular weight excluding hydrogens is 192 g/mol. The van der Waals surface area contributed by atoms with Gasteiger partial charge in [-0.15, -0.1) is 0 Å². The molecule has 0 saturated heterocycles. The van der Waals surface area contributed by atoms with Crippen LogP contribution in [0.3, 0.4) is 0 Å². The lowest BCUT2D eigenvalue weighted by molar-refractivity contribution is 0.00932. The van der Waals surface area contributed by atoms with Gasteiger partial charge in [0.25, 0.3) is 0 Å². The van der Waals surface area contributed by atoms with Crippen LogP contribution in [0.25, 0.3) is 0 Å². The van der Waals surface area contributed by atoms with E-state index in [-0.39, 0.29) is 0 Å². The Labute approximate surface area is 102 Å². The van der Waals surface area contributed by atoms with E-state index in [1.54, 1.807) is 12.8 Å². The second kappa shape index (κ2) is 5.56. The highest BCUT2D eigenvalue weighted by atomic mass is 14.5. The SMILES string of the molecule is CCCC1C(C)CCC2CCCC(CC)C21. The number of fused-ring (bicyclic) bond motifs is 1. The van der Waals surface area contributed by atoms with Crippen LogP contribution in [0, 0.1) is 29.6 Å². The van der Waals surface area contributed by atoms with E-state index < -0.39 is 0 Å². The van der Waals surface area contributed by atoms with E-state index in [1.807, 2.05) is 0 Å². The van der Waals surface area contributed by atoms with Gasteiger partial charge in [0, 0.05) is 0 Å². The minimum Gasteiger partial charge on any atom is -0.0654 e. The molecule has 0 spiro atoms. The first-order valence-electron chi connectivity index (χ1n) is 7.77. The van der Waals surface area contributed by atoms with Crippen molar-refractivity contribution in [1.29, 1.82) is 0 Å². The maximum absolute atomic E-state index is 2.53. The van der Waals surface area contributed by atoms with Gasteiger partial charge >= 0.3 is 0 Å². The highest BCUT2D eigenvalue weighted by Gasteiger charge is 2.42. The summed E-state index contributed by atoms with van der Waals surface area (Å²) >= 11 is 0. The molecule has 0 heteroatoms. The molecule has 2 aliphatic carbocycles. The van der Waals surface area contributed by atoms with Gasteiger partial charge in [0.05, 0.1) is 0 Å². The normalized spacial score (nSPS) is 44.1. The maximum Gasteiger partial charge on any atom is -0.0327 e. The Morgan fingerprint density at radius 1 is 1.00 bits per heavy atom. The van der Waals surface area contributed by atoms with Crippen molar-refractivity contribution in [2.24, 2.45) is 29.6 Å². The van der Waals surface area contributed by atoms with Crippen molar-refractivity contribution in [3.63, 3.8) is 0 Å². The van der Waals surface area contributed by atoms with E-state index in [9.17, 15) is 0 Å². The second-order valence-electron chi connectivity index (χ2n) is 6.44. The minimum atomic E-state index is 1.01. The third kappa shape index (κ3) is 2.31. The monoisotopic (exact) mass is 222 g/mol. The molecule has 2 rings (SSSR count). The van der Waals surface area contributed by atoms with Crippen LogP contribution in [0.5, 0.6) is 0 Å². The molecule has 2 saturated carbocycles. The van der Waals surface area contributed by atoms with Gasteiger partial charge < -0.3 is 0 Å². The van der Waals surface area contributed by atoms with E-state index in [2.05, 4.69) is 20.8 Å². The minimum absolute atomic E-state index is 1.01. The summed E-state index contributed by atoms with van der Waals surface area (Å²) in [6.07, 6.45) is 12.0. The van der Waals surface area contributed by atoms with Crippen molar-refractivity contribution < 1.29 is 0 Å². The van der Waals surface area contributed by atoms with Crippen molar-refractivity contribution in [3.8, 4) is 0 Å². The van der Waals surface area contributed by atoms with Gasteiger partial charge in [0.2, 0.25) is 0 Å². The Morgan fingerprint density at radius 3 is 2.50 bits per heavy atom. The van der Waals surface area contributed by atoms with Gasteiger partial charge in [0.1, 0.15) is 0 Å². The van der Waals surface area contributed by atoms with Gasteiger partial charge in [0.15, 0.2) is 0 Å². The zero-order valence-corrected chi connectivity index (χ0v) is 11.5. The molecule has 0 radical (unpaired) electrons. The highest BCUT2D eigenvalue weighted by molar-refractivity contribution is 4.91. The lowest BCUT2D eigenvalue weighted by Crippen LogP contribution is -2.40. The molecule has 0 heterocycles. The first-order chi connectivity index (χ1) is 7.77. The predicted octanol–water partition coefficient (Wildman–Crippen LogP) is 5.28. The summed E-state index contributed by atoms with van der Waals surface area (Å²) in [5.41, 5.74) is 0. The second-order valence-corrected chi connectivity index (χ2v) is 6.44. The fourth-order valence-electron chi connectivity index (χ4n) is 4.80. The molecule has 0 N–H and O–H groups in total. The molecule has 0 aromatic carbocycles. The van der Waals surface area contributed by atoms with Crippen LogP contribution >= 0.6 is 0 Å². The molecule has 0 aliphatic heterocycles. The molecule has 5 unspecified atom stereocenters. The largest absolute Gasteiger partial charge is 0.0654 e. The summed E-state index contributed by atoms with van der Waals surface area (Å²) in [5, 5.41) is 0. The Hall–Kier alpha value is 0. The molecule has 2 fully saturated rings. The van der Waals surface area contributed by atoms with Gasteiger partial charge in [-0.2, -0.15) is 0 Å². The fourth-order valence-corrected chi connectivity index (χ4v) is 4.80. The maximum atomic E-state index is 2.53. The van der Waals surface area contributed by atoms with Crippen LogP contribution in [-0.2, 0) is 0 Å². The number of hydrogen-bond donors (Lipinski definition) is 0. The Balaban J connectivity index is 2.11. The zero-order valence-electron chi connectivity index (χ0n) is 11.5. The van der Waals surface area contributed by atoms with Crippen LogP contribution in [0.1, 0.15) is 72.1 Å². The van der Waals surface area contributed by atoms with Crippen molar-refractivity contribution >= 4 is 0 Å². The Kier molecular flexibility index (Phi) is 4.33. The molecule has 0 aromatic heterocycles. The van der Waals surface area contributed by atoms with E-state index in [4.69, 9.17) is 0 Å². The number of hydrogen-bond acceptors (Lipinski definition) is 0. The smallest absolute Gasteiger partial charge is 0.0327 e. The quantitative estimate of drug-likeness (QED) is 0.610. The molecule has 0 aromatic rings. The van der Waals surface area contributed by atoms with Gasteiger partial charge in [-0.1, -0.05) is 65.7 Å². The van der Waals surface area contributed by atoms with Gasteiger partial charge in [-0.25, -0.2) is 0 Å². The van der Waals surface area contributed by atoms with Crippen molar-refractivity contribution in [1.82, 2.24) is 0 Å². The van der Waals surface area contributed by atoms with Crippen LogP contribution in [0.2, 0.25) is 0 Å². The summed E-state index contributed by atoms with van der Waals surface area (Å²) in [6.45, 7) is 7.33. The van der Waals surface area contributed by atoms with E-state index >= 15 is 0 Å². The Bertz CT molecular complexity index is 202. The molecular formula is C16H30. The summed E-state index contributed by atoms with van der Waals surface area (Å²) in [5.74, 6) is 5.34. The van der Waals surface area contributed by atoms with Crippen molar-refractivity contribution in [2.45, 2.75) is 72.1 Å². The van der Waals surface area contributed by atoms with Crippen LogP contribution in [-0.4, -0.2) is 0 Å². The summed E-state index contributed by atoms with van der Waals surface area (Å²) in [4.78, 5) is 0. The fraction of sp³-hybridized carbons (Fsp3) is 1.00. The first kappa shape index (κ1) is 12.5. The van der Waals surface area contributed by atoms with Crippen molar-refractivity contribution in [3.05, 3.63) is 0 Å².